The molecule has 2 aliphatic heterocycles. The van der Waals surface area contributed by atoms with Crippen molar-refractivity contribution in [1.82, 2.24) is 10.3 Å². The second-order valence-corrected chi connectivity index (χ2v) is 9.19. The standard InChI is InChI=1S/C23H30N4OS/c1-3-4-5-8-15-29-23-25-22(28)20-18-9-6-7-10-19(18)24-21(27(20)26-23)17-13-11-16(2)12-14-17/h6-7,9-11,17,21H,3-5,8,12-15H2,1-2H3,(H,25,26,28)/t17-,21+/m1/s1. The van der Waals surface area contributed by atoms with Crippen molar-refractivity contribution in [3.8, 4) is 0 Å². The largest absolute Gasteiger partial charge is 0.298 e. The Bertz CT molecular complexity index is 952. The van der Waals surface area contributed by atoms with Crippen LogP contribution in [0.15, 0.2) is 46.0 Å². The summed E-state index contributed by atoms with van der Waals surface area (Å²) in [6.07, 6.45) is 10.2. The van der Waals surface area contributed by atoms with Gasteiger partial charge in [-0.05, 0) is 38.7 Å². The fourth-order valence-electron chi connectivity index (χ4n) is 4.18. The van der Waals surface area contributed by atoms with Crippen LogP contribution >= 0.6 is 11.8 Å². The van der Waals surface area contributed by atoms with Gasteiger partial charge < -0.3 is 0 Å². The van der Waals surface area contributed by atoms with Gasteiger partial charge >= 0.3 is 0 Å². The Morgan fingerprint density at radius 2 is 2.10 bits per heavy atom. The van der Waals surface area contributed by atoms with Crippen LogP contribution in [-0.4, -0.2) is 28.0 Å². The van der Waals surface area contributed by atoms with Crippen molar-refractivity contribution >= 4 is 28.5 Å². The number of unbranched alkanes of at least 4 members (excludes halogenated alkanes) is 3. The van der Waals surface area contributed by atoms with Crippen molar-refractivity contribution in [2.75, 3.05) is 5.75 Å². The highest BCUT2D eigenvalue weighted by Gasteiger charge is 2.37. The molecule has 3 aliphatic rings. The molecule has 0 fully saturated rings. The summed E-state index contributed by atoms with van der Waals surface area (Å²) in [6.45, 7) is 4.41. The third kappa shape index (κ3) is 4.42. The fraction of sp³-hybridized carbons (Fsp3) is 0.522. The van der Waals surface area contributed by atoms with E-state index in [1.807, 2.05) is 29.3 Å². The van der Waals surface area contributed by atoms with Gasteiger partial charge in [-0.1, -0.05) is 67.8 Å². The van der Waals surface area contributed by atoms with E-state index < -0.39 is 0 Å². The first-order chi connectivity index (χ1) is 14.2. The molecule has 1 aliphatic carbocycles. The molecule has 1 N–H and O–H groups in total. The van der Waals surface area contributed by atoms with Gasteiger partial charge in [-0.2, -0.15) is 0 Å². The number of nitrogens with one attached hydrogen (secondary N) is 1. The maximum atomic E-state index is 13.1. The van der Waals surface area contributed by atoms with Crippen molar-refractivity contribution in [2.45, 2.75) is 65.0 Å². The first kappa shape index (κ1) is 20.2. The zero-order chi connectivity index (χ0) is 20.2. The van der Waals surface area contributed by atoms with E-state index in [-0.39, 0.29) is 12.1 Å². The SMILES string of the molecule is CCCCCCSC1=NN2C(=c3ccccc3=N[C@@H]2[C@@H]2CC=C(C)CC2)C(=O)N1. The van der Waals surface area contributed by atoms with Crippen LogP contribution in [0.3, 0.4) is 0 Å². The molecule has 0 radical (unpaired) electrons. The number of carbonyl (C=O) groups is 1. The maximum absolute atomic E-state index is 13.1. The molecular formula is C23H30N4OS. The first-order valence-electron chi connectivity index (χ1n) is 10.8. The van der Waals surface area contributed by atoms with E-state index in [4.69, 9.17) is 10.1 Å². The average molecular weight is 411 g/mol. The minimum absolute atomic E-state index is 0.0639. The first-order valence-corrected chi connectivity index (χ1v) is 11.8. The maximum Gasteiger partial charge on any atom is 0.276 e. The quantitative estimate of drug-likeness (QED) is 0.577. The van der Waals surface area contributed by atoms with Gasteiger partial charge in [0, 0.05) is 16.9 Å². The van der Waals surface area contributed by atoms with E-state index in [1.165, 1.54) is 24.8 Å². The van der Waals surface area contributed by atoms with E-state index in [0.29, 0.717) is 16.8 Å². The minimum atomic E-state index is -0.119. The topological polar surface area (TPSA) is 57.1 Å². The van der Waals surface area contributed by atoms with Crippen LogP contribution in [0.2, 0.25) is 0 Å². The predicted octanol–water partition coefficient (Wildman–Crippen LogP) is 3.52. The zero-order valence-electron chi connectivity index (χ0n) is 17.4. The molecule has 4 rings (SSSR count). The lowest BCUT2D eigenvalue weighted by Gasteiger charge is -2.38. The smallest absolute Gasteiger partial charge is 0.276 e. The Labute approximate surface area is 177 Å². The number of hydrogen-bond donors (Lipinski definition) is 1. The summed E-state index contributed by atoms with van der Waals surface area (Å²) in [5.74, 6) is 1.28. The predicted molar refractivity (Wildman–Crippen MR) is 120 cm³/mol. The molecule has 1 aromatic rings. The normalized spacial score (nSPS) is 23.4. The molecule has 0 aromatic heterocycles. The Morgan fingerprint density at radius 1 is 1.24 bits per heavy atom. The number of para-hydroxylation sites is 1. The third-order valence-electron chi connectivity index (χ3n) is 5.88. The van der Waals surface area contributed by atoms with Crippen molar-refractivity contribution in [3.63, 3.8) is 0 Å². The van der Waals surface area contributed by atoms with Gasteiger partial charge in [-0.25, -0.2) is 5.01 Å². The molecule has 5 nitrogen and oxygen atoms in total. The number of allylic oxidation sites excluding steroid dienone is 2. The number of carbonyl (C=O) groups excluding carboxylic acids is 1. The summed E-state index contributed by atoms with van der Waals surface area (Å²) in [4.78, 5) is 18.1. The van der Waals surface area contributed by atoms with Crippen molar-refractivity contribution < 1.29 is 4.79 Å². The fourth-order valence-corrected chi connectivity index (χ4v) is 5.03. The molecule has 0 saturated heterocycles. The zero-order valence-corrected chi connectivity index (χ0v) is 18.2. The molecule has 0 bridgehead atoms. The number of fused-ring (bicyclic) bond motifs is 2. The van der Waals surface area contributed by atoms with Crippen LogP contribution in [0, 0.1) is 5.92 Å². The number of nitrogens with zero attached hydrogens (tertiary/aromatic N) is 3. The second kappa shape index (κ2) is 9.16. The van der Waals surface area contributed by atoms with Gasteiger partial charge in [-0.3, -0.25) is 15.1 Å². The molecule has 29 heavy (non-hydrogen) atoms. The Hall–Kier alpha value is -2.08. The number of amidine groups is 1. The molecule has 0 unspecified atom stereocenters. The number of benzene rings is 1. The number of amides is 1. The van der Waals surface area contributed by atoms with Crippen molar-refractivity contribution in [3.05, 3.63) is 46.5 Å². The van der Waals surface area contributed by atoms with Crippen LogP contribution in [0.1, 0.15) is 58.8 Å². The molecule has 2 atom stereocenters. The van der Waals surface area contributed by atoms with Crippen molar-refractivity contribution in [2.24, 2.45) is 16.0 Å². The van der Waals surface area contributed by atoms with Crippen LogP contribution in [-0.2, 0) is 4.79 Å². The molecule has 2 heterocycles. The van der Waals surface area contributed by atoms with Crippen LogP contribution in [0.5, 0.6) is 0 Å². The molecule has 1 aromatic carbocycles. The highest BCUT2D eigenvalue weighted by Crippen LogP contribution is 2.33. The summed E-state index contributed by atoms with van der Waals surface area (Å²) >= 11 is 1.65. The summed E-state index contributed by atoms with van der Waals surface area (Å²) < 4.78 is 0. The molecule has 154 valence electrons. The van der Waals surface area contributed by atoms with E-state index in [1.54, 1.807) is 11.8 Å². The second-order valence-electron chi connectivity index (χ2n) is 8.11. The van der Waals surface area contributed by atoms with E-state index in [0.717, 1.165) is 42.0 Å². The van der Waals surface area contributed by atoms with Crippen LogP contribution in [0.25, 0.3) is 5.70 Å². The summed E-state index contributed by atoms with van der Waals surface area (Å²) in [6, 6.07) is 7.93. The molecule has 1 amide bonds. The molecular weight excluding hydrogens is 380 g/mol. The number of hydrazone groups is 1. The number of hydrogen-bond acceptors (Lipinski definition) is 5. The monoisotopic (exact) mass is 410 g/mol. The lowest BCUT2D eigenvalue weighted by atomic mass is 9.87. The van der Waals surface area contributed by atoms with Crippen molar-refractivity contribution in [1.29, 1.82) is 0 Å². The average Bonchev–Trinajstić information content (AvgIpc) is 2.73. The lowest BCUT2D eigenvalue weighted by molar-refractivity contribution is -0.116. The van der Waals surface area contributed by atoms with Gasteiger partial charge in [0.15, 0.2) is 5.17 Å². The summed E-state index contributed by atoms with van der Waals surface area (Å²) in [5.41, 5.74) is 2.09. The van der Waals surface area contributed by atoms with Gasteiger partial charge in [0.2, 0.25) is 0 Å². The van der Waals surface area contributed by atoms with E-state index in [9.17, 15) is 4.79 Å². The van der Waals surface area contributed by atoms with Crippen LogP contribution < -0.4 is 15.9 Å². The Morgan fingerprint density at radius 3 is 2.90 bits per heavy atom. The minimum Gasteiger partial charge on any atom is -0.298 e. The van der Waals surface area contributed by atoms with Gasteiger partial charge in [0.1, 0.15) is 11.9 Å². The van der Waals surface area contributed by atoms with E-state index >= 15 is 0 Å². The molecule has 6 heteroatoms. The molecule has 0 saturated carbocycles. The summed E-state index contributed by atoms with van der Waals surface area (Å²) in [7, 11) is 0. The highest BCUT2D eigenvalue weighted by molar-refractivity contribution is 8.13. The summed E-state index contributed by atoms with van der Waals surface area (Å²) in [5, 5.41) is 12.3. The number of thioether (sulfide) groups is 1. The number of rotatable bonds is 6. The molecule has 0 spiro atoms. The van der Waals surface area contributed by atoms with Gasteiger partial charge in [0.25, 0.3) is 5.91 Å². The van der Waals surface area contributed by atoms with Gasteiger partial charge in [-0.15, -0.1) is 5.10 Å². The highest BCUT2D eigenvalue weighted by atomic mass is 32.2. The Balaban J connectivity index is 1.64. The lowest BCUT2D eigenvalue weighted by Crippen LogP contribution is -2.54. The third-order valence-corrected chi connectivity index (χ3v) is 6.83. The van der Waals surface area contributed by atoms with Crippen LogP contribution in [0.4, 0.5) is 0 Å². The van der Waals surface area contributed by atoms with E-state index in [2.05, 4.69) is 25.2 Å². The van der Waals surface area contributed by atoms with Gasteiger partial charge in [0.05, 0.1) is 5.36 Å². The Kier molecular flexibility index (Phi) is 6.38.